The number of aliphatic hydroxyl groups excluding tert-OH is 1. The Labute approximate surface area is 116 Å². The van der Waals surface area contributed by atoms with Crippen LogP contribution in [0, 0.1) is 0 Å². The van der Waals surface area contributed by atoms with Gasteiger partial charge in [0.15, 0.2) is 0 Å². The fourth-order valence-corrected chi connectivity index (χ4v) is 2.53. The second-order valence-corrected chi connectivity index (χ2v) is 5.06. The molecular weight excluding hydrogens is 258 g/mol. The summed E-state index contributed by atoms with van der Waals surface area (Å²) in [6.45, 7) is 0.873. The van der Waals surface area contributed by atoms with Gasteiger partial charge in [0.05, 0.1) is 6.61 Å². The van der Waals surface area contributed by atoms with Crippen molar-refractivity contribution >= 4 is 22.5 Å². The summed E-state index contributed by atoms with van der Waals surface area (Å²) in [7, 11) is 0. The van der Waals surface area contributed by atoms with E-state index in [9.17, 15) is 0 Å². The van der Waals surface area contributed by atoms with Crippen LogP contribution in [0.2, 0.25) is 5.02 Å². The van der Waals surface area contributed by atoms with E-state index in [1.807, 2.05) is 36.4 Å². The first kappa shape index (κ1) is 12.3. The van der Waals surface area contributed by atoms with E-state index in [0.717, 1.165) is 28.0 Å². The first-order valence-corrected chi connectivity index (χ1v) is 6.57. The average Bonchev–Trinajstić information content (AvgIpc) is 2.81. The maximum Gasteiger partial charge on any atom is 0.0682 e. The van der Waals surface area contributed by atoms with Crippen molar-refractivity contribution in [1.29, 1.82) is 0 Å². The van der Waals surface area contributed by atoms with Crippen molar-refractivity contribution in [3.63, 3.8) is 0 Å². The standard InChI is InChI=1S/C16H14ClNO/c17-15-3-1-2-12(9-15)10-18-7-6-14-8-13(11-19)4-5-16(14)18/h1-9,19H,10-11H2. The van der Waals surface area contributed by atoms with Crippen LogP contribution >= 0.6 is 11.6 Å². The van der Waals surface area contributed by atoms with Gasteiger partial charge in [-0.05, 0) is 46.8 Å². The Kier molecular flexibility index (Phi) is 3.28. The third kappa shape index (κ3) is 2.50. The van der Waals surface area contributed by atoms with Crippen molar-refractivity contribution in [2.75, 3.05) is 0 Å². The summed E-state index contributed by atoms with van der Waals surface area (Å²) < 4.78 is 2.18. The summed E-state index contributed by atoms with van der Waals surface area (Å²) in [5.74, 6) is 0. The molecule has 0 unspecified atom stereocenters. The average molecular weight is 272 g/mol. The molecule has 1 N–H and O–H groups in total. The van der Waals surface area contributed by atoms with Crippen LogP contribution < -0.4 is 0 Å². The van der Waals surface area contributed by atoms with Gasteiger partial charge in [-0.2, -0.15) is 0 Å². The normalized spacial score (nSPS) is 11.1. The van der Waals surface area contributed by atoms with Gasteiger partial charge in [-0.3, -0.25) is 0 Å². The Bertz CT molecular complexity index is 718. The van der Waals surface area contributed by atoms with Gasteiger partial charge < -0.3 is 9.67 Å². The Morgan fingerprint density at radius 3 is 2.68 bits per heavy atom. The van der Waals surface area contributed by atoms with E-state index in [0.29, 0.717) is 0 Å². The predicted molar refractivity (Wildman–Crippen MR) is 78.4 cm³/mol. The van der Waals surface area contributed by atoms with E-state index in [1.165, 1.54) is 5.56 Å². The highest BCUT2D eigenvalue weighted by molar-refractivity contribution is 6.30. The highest BCUT2D eigenvalue weighted by atomic mass is 35.5. The van der Waals surface area contributed by atoms with E-state index in [2.05, 4.69) is 22.9 Å². The second kappa shape index (κ2) is 5.08. The molecule has 0 saturated heterocycles. The lowest BCUT2D eigenvalue weighted by Crippen LogP contribution is -1.97. The molecule has 0 radical (unpaired) electrons. The fraction of sp³-hybridized carbons (Fsp3) is 0.125. The molecule has 2 nitrogen and oxygen atoms in total. The van der Waals surface area contributed by atoms with Gasteiger partial charge >= 0.3 is 0 Å². The SMILES string of the molecule is OCc1ccc2c(ccn2Cc2cccc(Cl)c2)c1. The number of hydrogen-bond donors (Lipinski definition) is 1. The fourth-order valence-electron chi connectivity index (χ4n) is 2.32. The van der Waals surface area contributed by atoms with Gasteiger partial charge in [-0.1, -0.05) is 29.8 Å². The van der Waals surface area contributed by atoms with Gasteiger partial charge in [-0.15, -0.1) is 0 Å². The maximum absolute atomic E-state index is 9.15. The molecule has 0 aliphatic rings. The lowest BCUT2D eigenvalue weighted by Gasteiger charge is -2.06. The van der Waals surface area contributed by atoms with Gasteiger partial charge in [0.25, 0.3) is 0 Å². The highest BCUT2D eigenvalue weighted by Gasteiger charge is 2.03. The van der Waals surface area contributed by atoms with Gasteiger partial charge in [0.2, 0.25) is 0 Å². The number of nitrogens with zero attached hydrogens (tertiary/aromatic N) is 1. The highest BCUT2D eigenvalue weighted by Crippen LogP contribution is 2.20. The summed E-state index contributed by atoms with van der Waals surface area (Å²) in [5, 5.41) is 11.1. The third-order valence-electron chi connectivity index (χ3n) is 3.26. The van der Waals surface area contributed by atoms with Crippen molar-refractivity contribution in [2.24, 2.45) is 0 Å². The molecular formula is C16H14ClNO. The van der Waals surface area contributed by atoms with E-state index < -0.39 is 0 Å². The second-order valence-electron chi connectivity index (χ2n) is 4.62. The Balaban J connectivity index is 1.97. The van der Waals surface area contributed by atoms with Crippen molar-refractivity contribution in [3.05, 3.63) is 70.9 Å². The first-order valence-electron chi connectivity index (χ1n) is 6.19. The number of hydrogen-bond acceptors (Lipinski definition) is 1. The summed E-state index contributed by atoms with van der Waals surface area (Å²) in [6.07, 6.45) is 2.06. The van der Waals surface area contributed by atoms with Crippen LogP contribution in [0.15, 0.2) is 54.7 Å². The monoisotopic (exact) mass is 271 g/mol. The van der Waals surface area contributed by atoms with Crippen LogP contribution in [0.4, 0.5) is 0 Å². The summed E-state index contributed by atoms with van der Waals surface area (Å²) in [6, 6.07) is 16.0. The van der Waals surface area contributed by atoms with E-state index in [4.69, 9.17) is 16.7 Å². The third-order valence-corrected chi connectivity index (χ3v) is 3.50. The molecule has 0 fully saturated rings. The topological polar surface area (TPSA) is 25.2 Å². The lowest BCUT2D eigenvalue weighted by atomic mass is 10.1. The summed E-state index contributed by atoms with van der Waals surface area (Å²) in [4.78, 5) is 0. The zero-order chi connectivity index (χ0) is 13.2. The van der Waals surface area contributed by atoms with Crippen LogP contribution in [0.25, 0.3) is 10.9 Å². The molecule has 3 rings (SSSR count). The summed E-state index contributed by atoms with van der Waals surface area (Å²) >= 11 is 6.01. The molecule has 3 heteroatoms. The molecule has 96 valence electrons. The van der Waals surface area contributed by atoms with Crippen molar-refractivity contribution < 1.29 is 5.11 Å². The minimum Gasteiger partial charge on any atom is -0.392 e. The minimum absolute atomic E-state index is 0.0788. The van der Waals surface area contributed by atoms with Crippen LogP contribution in [-0.4, -0.2) is 9.67 Å². The predicted octanol–water partition coefficient (Wildman–Crippen LogP) is 3.84. The van der Waals surface area contributed by atoms with E-state index in [1.54, 1.807) is 0 Å². The van der Waals surface area contributed by atoms with E-state index >= 15 is 0 Å². The molecule has 0 atom stereocenters. The van der Waals surface area contributed by atoms with Crippen molar-refractivity contribution in [3.8, 4) is 0 Å². The smallest absolute Gasteiger partial charge is 0.0682 e. The van der Waals surface area contributed by atoms with Crippen molar-refractivity contribution in [2.45, 2.75) is 13.2 Å². The molecule has 0 aliphatic heterocycles. The quantitative estimate of drug-likeness (QED) is 0.769. The van der Waals surface area contributed by atoms with Crippen LogP contribution in [0.1, 0.15) is 11.1 Å². The number of rotatable bonds is 3. The summed E-state index contributed by atoms with van der Waals surface area (Å²) in [5.41, 5.74) is 3.28. The van der Waals surface area contributed by atoms with Gasteiger partial charge in [0, 0.05) is 23.3 Å². The van der Waals surface area contributed by atoms with Gasteiger partial charge in [-0.25, -0.2) is 0 Å². The Morgan fingerprint density at radius 2 is 1.89 bits per heavy atom. The zero-order valence-corrected chi connectivity index (χ0v) is 11.1. The molecule has 0 amide bonds. The molecule has 0 spiro atoms. The van der Waals surface area contributed by atoms with Crippen molar-refractivity contribution in [1.82, 2.24) is 4.57 Å². The molecule has 2 aromatic carbocycles. The molecule has 3 aromatic rings. The number of aromatic nitrogens is 1. The van der Waals surface area contributed by atoms with Crippen LogP contribution in [-0.2, 0) is 13.2 Å². The Morgan fingerprint density at radius 1 is 1.00 bits per heavy atom. The lowest BCUT2D eigenvalue weighted by molar-refractivity contribution is 0.282. The van der Waals surface area contributed by atoms with Crippen LogP contribution in [0.3, 0.4) is 0 Å². The number of aliphatic hydroxyl groups is 1. The number of fused-ring (bicyclic) bond motifs is 1. The zero-order valence-electron chi connectivity index (χ0n) is 10.4. The first-order chi connectivity index (χ1) is 9.26. The largest absolute Gasteiger partial charge is 0.392 e. The molecule has 0 aliphatic carbocycles. The molecule has 0 bridgehead atoms. The maximum atomic E-state index is 9.15. The Hall–Kier alpha value is -1.77. The van der Waals surface area contributed by atoms with Crippen LogP contribution in [0.5, 0.6) is 0 Å². The molecule has 19 heavy (non-hydrogen) atoms. The minimum atomic E-state index is 0.0788. The number of benzene rings is 2. The van der Waals surface area contributed by atoms with E-state index in [-0.39, 0.29) is 6.61 Å². The van der Waals surface area contributed by atoms with Gasteiger partial charge in [0.1, 0.15) is 0 Å². The number of halogens is 1. The molecule has 0 saturated carbocycles. The molecule has 1 aromatic heterocycles. The molecule has 1 heterocycles.